The highest BCUT2D eigenvalue weighted by molar-refractivity contribution is 5.99. The molecule has 0 aliphatic carbocycles. The lowest BCUT2D eigenvalue weighted by Gasteiger charge is -2.37. The Morgan fingerprint density at radius 2 is 1.57 bits per heavy atom. The Morgan fingerprint density at radius 1 is 0.900 bits per heavy atom. The van der Waals surface area contributed by atoms with E-state index in [1.807, 2.05) is 42.5 Å². The lowest BCUT2D eigenvalue weighted by atomic mass is 9.86. The van der Waals surface area contributed by atoms with Gasteiger partial charge in [0.15, 0.2) is 11.6 Å². The molecule has 7 nitrogen and oxygen atoms in total. The average molecular weight is 563 g/mol. The molecule has 0 spiro atoms. The Bertz CT molecular complexity index is 1420. The van der Waals surface area contributed by atoms with Crippen LogP contribution in [0.15, 0.2) is 54.6 Å². The molecular formula is C28H27F5N4O3. The molecule has 1 heterocycles. The van der Waals surface area contributed by atoms with Crippen LogP contribution in [0, 0.1) is 11.6 Å². The minimum Gasteiger partial charge on any atom is -0.354 e. The molecule has 1 aliphatic heterocycles. The number of carbonyl (C=O) groups excluding carboxylic acids is 3. The SMILES string of the molecule is O=C(Cc1cccc2ccccc12)NCCNC(=O)C1(NC(=O)c2cc(F)c(F)c(C(F)(F)F)c2)CCNCC1. The predicted molar refractivity (Wildman–Crippen MR) is 137 cm³/mol. The van der Waals surface area contributed by atoms with Crippen molar-refractivity contribution in [3.05, 3.63) is 82.9 Å². The number of fused-ring (bicyclic) bond motifs is 1. The fourth-order valence-electron chi connectivity index (χ4n) is 4.71. The van der Waals surface area contributed by atoms with Gasteiger partial charge in [0.2, 0.25) is 11.8 Å². The number of hydrogen-bond acceptors (Lipinski definition) is 4. The molecule has 1 aliphatic rings. The average Bonchev–Trinajstić information content (AvgIpc) is 2.92. The van der Waals surface area contributed by atoms with Crippen molar-refractivity contribution in [2.24, 2.45) is 0 Å². The second kappa shape index (κ2) is 12.0. The molecule has 0 radical (unpaired) electrons. The summed E-state index contributed by atoms with van der Waals surface area (Å²) in [7, 11) is 0. The summed E-state index contributed by atoms with van der Waals surface area (Å²) in [5, 5.41) is 12.8. The lowest BCUT2D eigenvalue weighted by molar-refractivity contribution is -0.140. The maximum absolute atomic E-state index is 13.9. The van der Waals surface area contributed by atoms with E-state index in [9.17, 15) is 36.3 Å². The Hall–Kier alpha value is -4.06. The van der Waals surface area contributed by atoms with Gasteiger partial charge in [0.25, 0.3) is 5.91 Å². The largest absolute Gasteiger partial charge is 0.419 e. The van der Waals surface area contributed by atoms with Gasteiger partial charge in [-0.15, -0.1) is 0 Å². The van der Waals surface area contributed by atoms with Crippen molar-refractivity contribution in [2.75, 3.05) is 26.2 Å². The maximum atomic E-state index is 13.9. The van der Waals surface area contributed by atoms with Crippen LogP contribution in [0.1, 0.15) is 34.3 Å². The number of benzene rings is 3. The van der Waals surface area contributed by atoms with Crippen molar-refractivity contribution in [1.29, 1.82) is 0 Å². The Kier molecular flexibility index (Phi) is 8.67. The maximum Gasteiger partial charge on any atom is 0.419 e. The molecular weight excluding hydrogens is 535 g/mol. The molecule has 0 aromatic heterocycles. The number of piperidine rings is 1. The van der Waals surface area contributed by atoms with Crippen LogP contribution in [0.5, 0.6) is 0 Å². The van der Waals surface area contributed by atoms with Gasteiger partial charge in [0.1, 0.15) is 5.54 Å². The molecule has 12 heteroatoms. The summed E-state index contributed by atoms with van der Waals surface area (Å²) < 4.78 is 66.9. The second-order valence-electron chi connectivity index (χ2n) is 9.52. The van der Waals surface area contributed by atoms with Crippen molar-refractivity contribution in [3.8, 4) is 0 Å². The van der Waals surface area contributed by atoms with E-state index in [0.29, 0.717) is 19.2 Å². The van der Waals surface area contributed by atoms with Gasteiger partial charge in [-0.1, -0.05) is 42.5 Å². The molecule has 1 fully saturated rings. The van der Waals surface area contributed by atoms with Gasteiger partial charge < -0.3 is 21.3 Å². The van der Waals surface area contributed by atoms with Crippen LogP contribution in [0.2, 0.25) is 0 Å². The van der Waals surface area contributed by atoms with Crippen LogP contribution in [0.4, 0.5) is 22.0 Å². The summed E-state index contributed by atoms with van der Waals surface area (Å²) in [6.45, 7) is 0.756. The molecule has 40 heavy (non-hydrogen) atoms. The molecule has 4 N–H and O–H groups in total. The molecule has 0 saturated carbocycles. The number of carbonyl (C=O) groups is 3. The third-order valence-electron chi connectivity index (χ3n) is 6.80. The minimum absolute atomic E-state index is 0.0224. The molecule has 1 saturated heterocycles. The van der Waals surface area contributed by atoms with Crippen molar-refractivity contribution < 1.29 is 36.3 Å². The normalized spacial score (nSPS) is 14.9. The topological polar surface area (TPSA) is 99.3 Å². The molecule has 3 aromatic carbocycles. The highest BCUT2D eigenvalue weighted by Gasteiger charge is 2.42. The first-order valence-electron chi connectivity index (χ1n) is 12.6. The van der Waals surface area contributed by atoms with Gasteiger partial charge in [-0.25, -0.2) is 8.78 Å². The van der Waals surface area contributed by atoms with E-state index in [2.05, 4.69) is 21.3 Å². The number of rotatable bonds is 8. The highest BCUT2D eigenvalue weighted by Crippen LogP contribution is 2.33. The van der Waals surface area contributed by atoms with Crippen LogP contribution in [-0.4, -0.2) is 49.4 Å². The van der Waals surface area contributed by atoms with Crippen LogP contribution in [0.3, 0.4) is 0 Å². The van der Waals surface area contributed by atoms with Crippen molar-refractivity contribution >= 4 is 28.5 Å². The number of alkyl halides is 3. The van der Waals surface area contributed by atoms with Crippen molar-refractivity contribution in [1.82, 2.24) is 21.3 Å². The Labute approximate surface area is 226 Å². The van der Waals surface area contributed by atoms with Crippen molar-refractivity contribution in [2.45, 2.75) is 31.0 Å². The van der Waals surface area contributed by atoms with E-state index < -0.39 is 46.3 Å². The summed E-state index contributed by atoms with van der Waals surface area (Å²) in [6.07, 6.45) is -4.88. The summed E-state index contributed by atoms with van der Waals surface area (Å²) in [5.74, 6) is -5.95. The van der Waals surface area contributed by atoms with Crippen LogP contribution >= 0.6 is 0 Å². The first-order chi connectivity index (χ1) is 19.0. The zero-order valence-electron chi connectivity index (χ0n) is 21.3. The third kappa shape index (κ3) is 6.56. The molecule has 0 unspecified atom stereocenters. The van der Waals surface area contributed by atoms with Crippen molar-refractivity contribution in [3.63, 3.8) is 0 Å². The number of hydrogen-bond donors (Lipinski definition) is 4. The molecule has 0 atom stereocenters. The summed E-state index contributed by atoms with van der Waals surface area (Å²) in [6, 6.07) is 13.9. The van der Waals surface area contributed by atoms with Crippen LogP contribution in [0.25, 0.3) is 10.8 Å². The second-order valence-corrected chi connectivity index (χ2v) is 9.52. The number of halogens is 5. The fourth-order valence-corrected chi connectivity index (χ4v) is 4.71. The van der Waals surface area contributed by atoms with E-state index in [1.165, 1.54) is 0 Å². The van der Waals surface area contributed by atoms with E-state index in [4.69, 9.17) is 0 Å². The van der Waals surface area contributed by atoms with Gasteiger partial charge in [0, 0.05) is 18.7 Å². The number of amides is 3. The monoisotopic (exact) mass is 562 g/mol. The van der Waals surface area contributed by atoms with E-state index >= 15 is 0 Å². The summed E-state index contributed by atoms with van der Waals surface area (Å²) in [4.78, 5) is 38.5. The van der Waals surface area contributed by atoms with Gasteiger partial charge in [-0.3, -0.25) is 14.4 Å². The van der Waals surface area contributed by atoms with Gasteiger partial charge in [-0.2, -0.15) is 13.2 Å². The number of nitrogens with one attached hydrogen (secondary N) is 4. The first-order valence-corrected chi connectivity index (χ1v) is 12.6. The summed E-state index contributed by atoms with van der Waals surface area (Å²) >= 11 is 0. The summed E-state index contributed by atoms with van der Waals surface area (Å²) in [5.41, 5.74) is -3.33. The molecule has 0 bridgehead atoms. The van der Waals surface area contributed by atoms with E-state index in [-0.39, 0.29) is 44.3 Å². The Morgan fingerprint density at radius 3 is 2.30 bits per heavy atom. The molecule has 212 valence electrons. The predicted octanol–water partition coefficient (Wildman–Crippen LogP) is 3.46. The van der Waals surface area contributed by atoms with E-state index in [1.54, 1.807) is 0 Å². The zero-order chi connectivity index (χ0) is 28.9. The molecule has 3 aromatic rings. The Balaban J connectivity index is 1.37. The van der Waals surface area contributed by atoms with Crippen LogP contribution in [-0.2, 0) is 22.2 Å². The standard InChI is InChI=1S/C28H27F5N4O3/c29-22-15-19(14-21(24(22)30)28(31,32)33)25(39)37-27(8-10-34-11-9-27)26(40)36-13-12-35-23(38)16-18-6-3-5-17-4-1-2-7-20(17)18/h1-7,14-15,34H,8-13,16H2,(H,35,38)(H,36,40)(H,37,39). The van der Waals surface area contributed by atoms with Gasteiger partial charge in [0.05, 0.1) is 12.0 Å². The minimum atomic E-state index is -5.22. The quantitative estimate of drug-likeness (QED) is 0.250. The first kappa shape index (κ1) is 28.9. The van der Waals surface area contributed by atoms with Gasteiger partial charge in [-0.05, 0) is 54.4 Å². The molecule has 3 amide bonds. The van der Waals surface area contributed by atoms with E-state index in [0.717, 1.165) is 16.3 Å². The fraction of sp³-hybridized carbons (Fsp3) is 0.321. The lowest BCUT2D eigenvalue weighted by Crippen LogP contribution is -2.63. The molecule has 4 rings (SSSR count). The smallest absolute Gasteiger partial charge is 0.354 e. The third-order valence-corrected chi connectivity index (χ3v) is 6.80. The van der Waals surface area contributed by atoms with Crippen LogP contribution < -0.4 is 21.3 Å². The highest BCUT2D eigenvalue weighted by atomic mass is 19.4. The van der Waals surface area contributed by atoms with Gasteiger partial charge >= 0.3 is 6.18 Å². The zero-order valence-corrected chi connectivity index (χ0v) is 21.3.